The molecule has 2 nitrogen and oxygen atoms in total. The molecule has 0 aliphatic rings. The van der Waals surface area contributed by atoms with E-state index >= 15 is 0 Å². The molecule has 2 aromatic carbocycles. The van der Waals surface area contributed by atoms with E-state index in [1.807, 2.05) is 36.4 Å². The molecule has 0 bridgehead atoms. The Balaban J connectivity index is 1.97. The van der Waals surface area contributed by atoms with Gasteiger partial charge in [-0.25, -0.2) is 0 Å². The molecule has 2 aromatic rings. The van der Waals surface area contributed by atoms with E-state index in [4.69, 9.17) is 0 Å². The lowest BCUT2D eigenvalue weighted by atomic mass is 9.99. The molecule has 0 heterocycles. The molecule has 2 rings (SSSR count). The van der Waals surface area contributed by atoms with E-state index in [0.717, 1.165) is 22.1 Å². The van der Waals surface area contributed by atoms with Gasteiger partial charge in [0.1, 0.15) is 0 Å². The molecule has 0 aliphatic carbocycles. The van der Waals surface area contributed by atoms with Gasteiger partial charge in [-0.3, -0.25) is 4.79 Å². The molecule has 0 saturated heterocycles. The average molecular weight is 358 g/mol. The zero-order valence-corrected chi connectivity index (χ0v) is 14.4. The molecule has 0 fully saturated rings. The minimum absolute atomic E-state index is 0.128. The van der Waals surface area contributed by atoms with Crippen LogP contribution in [-0.4, -0.2) is 5.91 Å². The molecule has 1 amide bonds. The van der Waals surface area contributed by atoms with Crippen LogP contribution >= 0.6 is 15.9 Å². The summed E-state index contributed by atoms with van der Waals surface area (Å²) in [5, 5.41) is 2.87. The van der Waals surface area contributed by atoms with Gasteiger partial charge in [-0.1, -0.05) is 54.0 Å². The largest absolute Gasteiger partial charge is 0.323 e. The summed E-state index contributed by atoms with van der Waals surface area (Å²) in [5.41, 5.74) is 3.10. The maximum absolute atomic E-state index is 11.9. The molecule has 0 aliphatic heterocycles. The second kappa shape index (κ2) is 7.95. The molecule has 1 unspecified atom stereocenters. The fourth-order valence-electron chi connectivity index (χ4n) is 2.10. The lowest BCUT2D eigenvalue weighted by Crippen LogP contribution is -2.07. The zero-order valence-electron chi connectivity index (χ0n) is 12.8. The molecular weight excluding hydrogens is 338 g/mol. The Morgan fingerprint density at radius 3 is 2.59 bits per heavy atom. The van der Waals surface area contributed by atoms with Gasteiger partial charge in [-0.2, -0.15) is 0 Å². The summed E-state index contributed by atoms with van der Waals surface area (Å²) in [6.45, 7) is 4.38. The maximum Gasteiger partial charge on any atom is 0.248 e. The van der Waals surface area contributed by atoms with E-state index in [1.54, 1.807) is 12.2 Å². The lowest BCUT2D eigenvalue weighted by Gasteiger charge is -2.09. The average Bonchev–Trinajstić information content (AvgIpc) is 2.53. The number of hydrogen-bond donors (Lipinski definition) is 1. The number of anilines is 1. The van der Waals surface area contributed by atoms with Crippen LogP contribution < -0.4 is 5.32 Å². The van der Waals surface area contributed by atoms with Crippen molar-refractivity contribution in [2.45, 2.75) is 26.2 Å². The van der Waals surface area contributed by atoms with Gasteiger partial charge in [0.15, 0.2) is 0 Å². The number of nitrogens with one attached hydrogen (secondary N) is 1. The molecule has 0 saturated carbocycles. The van der Waals surface area contributed by atoms with Crippen LogP contribution in [0.15, 0.2) is 59.1 Å². The maximum atomic E-state index is 11.9. The fraction of sp³-hybridized carbons (Fsp3) is 0.211. The van der Waals surface area contributed by atoms with Crippen molar-refractivity contribution in [3.05, 3.63) is 70.2 Å². The highest BCUT2D eigenvalue weighted by Gasteiger charge is 2.03. The second-order valence-electron chi connectivity index (χ2n) is 5.31. The molecule has 22 heavy (non-hydrogen) atoms. The third-order valence-corrected chi connectivity index (χ3v) is 4.13. The van der Waals surface area contributed by atoms with Gasteiger partial charge >= 0.3 is 0 Å². The minimum atomic E-state index is -0.128. The molecule has 1 N–H and O–H groups in total. The van der Waals surface area contributed by atoms with Crippen molar-refractivity contribution in [2.75, 3.05) is 5.32 Å². The predicted octanol–water partition coefficient (Wildman–Crippen LogP) is 5.61. The van der Waals surface area contributed by atoms with Gasteiger partial charge in [-0.15, -0.1) is 0 Å². The number of hydrogen-bond acceptors (Lipinski definition) is 1. The molecular formula is C19H20BrNO. The highest BCUT2D eigenvalue weighted by molar-refractivity contribution is 9.10. The molecule has 114 valence electrons. The summed E-state index contributed by atoms with van der Waals surface area (Å²) in [7, 11) is 0. The molecule has 0 spiro atoms. The van der Waals surface area contributed by atoms with E-state index in [1.165, 1.54) is 5.56 Å². The van der Waals surface area contributed by atoms with Crippen LogP contribution in [0.1, 0.15) is 37.3 Å². The van der Waals surface area contributed by atoms with Crippen molar-refractivity contribution in [3.8, 4) is 0 Å². The standard InChI is InChI=1S/C19H20BrNO/c1-3-14(2)16-8-10-18(11-9-16)21-19(22)12-7-15-5-4-6-17(20)13-15/h4-14H,3H2,1-2H3,(H,21,22). The van der Waals surface area contributed by atoms with Crippen molar-refractivity contribution in [1.29, 1.82) is 0 Å². The number of halogens is 1. The smallest absolute Gasteiger partial charge is 0.248 e. The number of carbonyl (C=O) groups is 1. The Morgan fingerprint density at radius 1 is 1.23 bits per heavy atom. The highest BCUT2D eigenvalue weighted by atomic mass is 79.9. The van der Waals surface area contributed by atoms with Gasteiger partial charge in [0, 0.05) is 16.2 Å². The van der Waals surface area contributed by atoms with Gasteiger partial charge in [0.05, 0.1) is 0 Å². The quantitative estimate of drug-likeness (QED) is 0.691. The molecule has 0 aromatic heterocycles. The first-order valence-corrected chi connectivity index (χ1v) is 8.22. The van der Waals surface area contributed by atoms with Crippen molar-refractivity contribution < 1.29 is 4.79 Å². The molecule has 3 heteroatoms. The predicted molar refractivity (Wildman–Crippen MR) is 97.0 cm³/mol. The summed E-state index contributed by atoms with van der Waals surface area (Å²) in [5.74, 6) is 0.414. The van der Waals surface area contributed by atoms with Crippen molar-refractivity contribution in [2.24, 2.45) is 0 Å². The Hall–Kier alpha value is -1.87. The van der Waals surface area contributed by atoms with Crippen molar-refractivity contribution in [3.63, 3.8) is 0 Å². The number of rotatable bonds is 5. The van der Waals surface area contributed by atoms with Crippen molar-refractivity contribution in [1.82, 2.24) is 0 Å². The van der Waals surface area contributed by atoms with Gasteiger partial charge in [-0.05, 0) is 53.8 Å². The van der Waals surface area contributed by atoms with Gasteiger partial charge < -0.3 is 5.32 Å². The van der Waals surface area contributed by atoms with E-state index in [2.05, 4.69) is 47.2 Å². The summed E-state index contributed by atoms with van der Waals surface area (Å²) < 4.78 is 0.996. The highest BCUT2D eigenvalue weighted by Crippen LogP contribution is 2.20. The summed E-state index contributed by atoms with van der Waals surface area (Å²) in [4.78, 5) is 11.9. The first-order valence-electron chi connectivity index (χ1n) is 7.43. The van der Waals surface area contributed by atoms with E-state index in [-0.39, 0.29) is 5.91 Å². The van der Waals surface area contributed by atoms with Crippen LogP contribution in [0.4, 0.5) is 5.69 Å². The van der Waals surface area contributed by atoms with Crippen LogP contribution in [0.3, 0.4) is 0 Å². The summed E-state index contributed by atoms with van der Waals surface area (Å²) in [6, 6.07) is 15.9. The van der Waals surface area contributed by atoms with Crippen LogP contribution in [0.5, 0.6) is 0 Å². The van der Waals surface area contributed by atoms with Gasteiger partial charge in [0.25, 0.3) is 0 Å². The van der Waals surface area contributed by atoms with E-state index < -0.39 is 0 Å². The minimum Gasteiger partial charge on any atom is -0.323 e. The Morgan fingerprint density at radius 2 is 1.95 bits per heavy atom. The normalized spacial score (nSPS) is 12.3. The van der Waals surface area contributed by atoms with Crippen molar-refractivity contribution >= 4 is 33.6 Å². The zero-order chi connectivity index (χ0) is 15.9. The Labute approximate surface area is 140 Å². The molecule has 0 radical (unpaired) electrons. The number of carbonyl (C=O) groups excluding carboxylic acids is 1. The molecule has 1 atom stereocenters. The van der Waals surface area contributed by atoms with E-state index in [9.17, 15) is 4.79 Å². The SMILES string of the molecule is CCC(C)c1ccc(NC(=O)C=Cc2cccc(Br)c2)cc1. The third kappa shape index (κ3) is 4.85. The van der Waals surface area contributed by atoms with Gasteiger partial charge in [0.2, 0.25) is 5.91 Å². The third-order valence-electron chi connectivity index (χ3n) is 3.64. The van der Waals surface area contributed by atoms with E-state index in [0.29, 0.717) is 5.92 Å². The van der Waals surface area contributed by atoms with Crippen LogP contribution in [0, 0.1) is 0 Å². The van der Waals surface area contributed by atoms with Crippen LogP contribution in [0.2, 0.25) is 0 Å². The number of benzene rings is 2. The second-order valence-corrected chi connectivity index (χ2v) is 6.22. The fourth-order valence-corrected chi connectivity index (χ4v) is 2.51. The summed E-state index contributed by atoms with van der Waals surface area (Å²) in [6.07, 6.45) is 4.46. The van der Waals surface area contributed by atoms with Crippen LogP contribution in [-0.2, 0) is 4.79 Å². The monoisotopic (exact) mass is 357 g/mol. The van der Waals surface area contributed by atoms with Crippen LogP contribution in [0.25, 0.3) is 6.08 Å². The Bertz CT molecular complexity index is 661. The summed E-state index contributed by atoms with van der Waals surface area (Å²) >= 11 is 3.41. The lowest BCUT2D eigenvalue weighted by molar-refractivity contribution is -0.111. The topological polar surface area (TPSA) is 29.1 Å². The first kappa shape index (κ1) is 16.5. The Kier molecular flexibility index (Phi) is 5.96. The number of amides is 1. The first-order chi connectivity index (χ1) is 10.6.